The molecule has 0 aliphatic heterocycles. The Morgan fingerprint density at radius 2 is 1.87 bits per heavy atom. The minimum Gasteiger partial charge on any atom is -0.357 e. The van der Waals surface area contributed by atoms with Crippen LogP contribution in [0.2, 0.25) is 0 Å². The molecular weight excluding hydrogens is 326 g/mol. The van der Waals surface area contributed by atoms with E-state index >= 15 is 0 Å². The molecule has 0 aliphatic carbocycles. The summed E-state index contributed by atoms with van der Waals surface area (Å²) >= 11 is 1.47. The van der Waals surface area contributed by atoms with E-state index in [-0.39, 0.29) is 12.5 Å². The molecule has 2 atom stereocenters. The zero-order chi connectivity index (χ0) is 17.5. The van der Waals surface area contributed by atoms with Crippen LogP contribution in [0.15, 0.2) is 0 Å². The van der Waals surface area contributed by atoms with E-state index < -0.39 is 0 Å². The third kappa shape index (κ3) is 14.2. The summed E-state index contributed by atoms with van der Waals surface area (Å²) in [6.45, 7) is 4.24. The Kier molecular flexibility index (Phi) is 15.7. The molecule has 138 valence electrons. The van der Waals surface area contributed by atoms with E-state index in [0.29, 0.717) is 5.12 Å². The first-order valence-corrected chi connectivity index (χ1v) is 11.5. The van der Waals surface area contributed by atoms with Gasteiger partial charge in [0.2, 0.25) is 0 Å². The summed E-state index contributed by atoms with van der Waals surface area (Å²) in [5.41, 5.74) is 0. The molecule has 0 fully saturated rings. The lowest BCUT2D eigenvalue weighted by Crippen LogP contribution is -2.33. The molecule has 0 aliphatic rings. The topological polar surface area (TPSA) is 38.8 Å². The van der Waals surface area contributed by atoms with Crippen LogP contribution in [-0.2, 0) is 14.3 Å². The fourth-order valence-corrected chi connectivity index (χ4v) is 3.30. The van der Waals surface area contributed by atoms with Crippen LogP contribution in [0.3, 0.4) is 0 Å². The molecule has 2 unspecified atom stereocenters. The summed E-state index contributed by atoms with van der Waals surface area (Å²) < 4.78 is 11.6. The van der Waals surface area contributed by atoms with Gasteiger partial charge in [0.15, 0.2) is 11.4 Å². The second-order valence-corrected chi connectivity index (χ2v) is 7.84. The lowest BCUT2D eigenvalue weighted by Gasteiger charge is -2.26. The van der Waals surface area contributed by atoms with Crippen molar-refractivity contribution in [3.63, 3.8) is 0 Å². The Hall–Kier alpha value is 0.117. The van der Waals surface area contributed by atoms with Crippen molar-refractivity contribution in [2.75, 3.05) is 26.1 Å². The standard InChI is InChI=1S/C17H37NO3SSi/c1-5-6-7-8-9-11-16(19)22-13-10-12-17(20-14-23)21-15(2)18(3)4/h15,17H,5-14H2,1-4,23H3. The van der Waals surface area contributed by atoms with Gasteiger partial charge in [0.05, 0.1) is 0 Å². The summed E-state index contributed by atoms with van der Waals surface area (Å²) in [5, 5.41) is 0.337. The highest BCUT2D eigenvalue weighted by Gasteiger charge is 2.14. The number of unbranched alkanes of at least 4 members (excludes halogenated alkanes) is 4. The highest BCUT2D eigenvalue weighted by Crippen LogP contribution is 2.15. The van der Waals surface area contributed by atoms with Gasteiger partial charge in [-0.25, -0.2) is 0 Å². The average Bonchev–Trinajstić information content (AvgIpc) is 2.51. The van der Waals surface area contributed by atoms with Gasteiger partial charge in [-0.3, -0.25) is 9.69 Å². The highest BCUT2D eigenvalue weighted by atomic mass is 32.2. The van der Waals surface area contributed by atoms with E-state index in [1.165, 1.54) is 37.4 Å². The van der Waals surface area contributed by atoms with Gasteiger partial charge in [0.1, 0.15) is 6.23 Å². The Bertz CT molecular complexity index is 293. The van der Waals surface area contributed by atoms with Crippen LogP contribution in [0.4, 0.5) is 0 Å². The second-order valence-electron chi connectivity index (χ2n) is 6.11. The lowest BCUT2D eigenvalue weighted by molar-refractivity contribution is -0.189. The van der Waals surface area contributed by atoms with Gasteiger partial charge < -0.3 is 9.47 Å². The maximum Gasteiger partial charge on any atom is 0.188 e. The molecule has 0 bridgehead atoms. The third-order valence-electron chi connectivity index (χ3n) is 3.76. The van der Waals surface area contributed by atoms with Crippen LogP contribution in [0.25, 0.3) is 0 Å². The quantitative estimate of drug-likeness (QED) is 0.254. The summed E-state index contributed by atoms with van der Waals surface area (Å²) in [6.07, 6.45) is 9.26. The first-order valence-electron chi connectivity index (χ1n) is 9.10. The van der Waals surface area contributed by atoms with E-state index in [9.17, 15) is 4.79 Å². The van der Waals surface area contributed by atoms with Crippen LogP contribution < -0.4 is 0 Å². The molecule has 0 saturated heterocycles. The molecule has 0 amide bonds. The summed E-state index contributed by atoms with van der Waals surface area (Å²) in [6, 6.07) is 0. The monoisotopic (exact) mass is 363 g/mol. The fraction of sp³-hybridized carbons (Fsp3) is 0.941. The molecule has 0 aromatic rings. The second kappa shape index (κ2) is 15.6. The molecule has 6 heteroatoms. The van der Waals surface area contributed by atoms with Crippen LogP contribution in [-0.4, -0.2) is 58.9 Å². The SMILES string of the molecule is CCCCCCCC(=O)SCCCC(OC[SiH3])OC(C)N(C)C. The Morgan fingerprint density at radius 1 is 1.17 bits per heavy atom. The van der Waals surface area contributed by atoms with Crippen molar-refractivity contribution < 1.29 is 14.3 Å². The number of carbonyl (C=O) groups excluding carboxylic acids is 1. The van der Waals surface area contributed by atoms with E-state index in [4.69, 9.17) is 9.47 Å². The van der Waals surface area contributed by atoms with Gasteiger partial charge in [-0.2, -0.15) is 0 Å². The first-order chi connectivity index (χ1) is 11.0. The van der Waals surface area contributed by atoms with E-state index in [1.54, 1.807) is 0 Å². The molecule has 0 aromatic heterocycles. The van der Waals surface area contributed by atoms with Crippen LogP contribution in [0.1, 0.15) is 65.2 Å². The highest BCUT2D eigenvalue weighted by molar-refractivity contribution is 8.13. The van der Waals surface area contributed by atoms with Gasteiger partial charge in [0, 0.05) is 28.6 Å². The molecule has 0 heterocycles. The molecule has 4 nitrogen and oxygen atoms in total. The molecule has 0 rings (SSSR count). The van der Waals surface area contributed by atoms with Crippen molar-refractivity contribution in [1.82, 2.24) is 4.90 Å². The predicted octanol–water partition coefficient (Wildman–Crippen LogP) is 2.98. The van der Waals surface area contributed by atoms with Crippen molar-refractivity contribution in [3.8, 4) is 0 Å². The Balaban J connectivity index is 3.73. The number of thioether (sulfide) groups is 1. The fourth-order valence-electron chi connectivity index (χ4n) is 2.10. The number of rotatable bonds is 15. The van der Waals surface area contributed by atoms with Gasteiger partial charge in [0.25, 0.3) is 0 Å². The zero-order valence-corrected chi connectivity index (χ0v) is 18.6. The van der Waals surface area contributed by atoms with E-state index in [2.05, 4.69) is 6.92 Å². The minimum atomic E-state index is -0.144. The molecule has 0 N–H and O–H groups in total. The smallest absolute Gasteiger partial charge is 0.188 e. The molecule has 0 spiro atoms. The third-order valence-corrected chi connectivity index (χ3v) is 5.11. The van der Waals surface area contributed by atoms with E-state index in [1.807, 2.05) is 25.9 Å². The van der Waals surface area contributed by atoms with Crippen LogP contribution in [0.5, 0.6) is 0 Å². The van der Waals surface area contributed by atoms with Crippen molar-refractivity contribution in [2.24, 2.45) is 0 Å². The predicted molar refractivity (Wildman–Crippen MR) is 104 cm³/mol. The van der Waals surface area contributed by atoms with Crippen LogP contribution >= 0.6 is 11.8 Å². The zero-order valence-electron chi connectivity index (χ0n) is 15.8. The molecule has 0 aromatic carbocycles. The lowest BCUT2D eigenvalue weighted by atomic mass is 10.1. The van der Waals surface area contributed by atoms with Gasteiger partial charge in [-0.15, -0.1) is 0 Å². The van der Waals surface area contributed by atoms with Crippen molar-refractivity contribution in [2.45, 2.75) is 77.7 Å². The molecule has 0 radical (unpaired) electrons. The van der Waals surface area contributed by atoms with Gasteiger partial charge in [-0.05, 0) is 40.3 Å². The largest absolute Gasteiger partial charge is 0.357 e. The number of nitrogens with zero attached hydrogens (tertiary/aromatic N) is 1. The summed E-state index contributed by atoms with van der Waals surface area (Å²) in [7, 11) is 5.01. The normalized spacial score (nSPS) is 14.3. The molecular formula is C17H37NO3SSi. The summed E-state index contributed by atoms with van der Waals surface area (Å²) in [5.74, 6) is 0.870. The Labute approximate surface area is 150 Å². The average molecular weight is 364 g/mol. The number of carbonyl (C=O) groups is 1. The summed E-state index contributed by atoms with van der Waals surface area (Å²) in [4.78, 5) is 13.8. The maximum absolute atomic E-state index is 11.8. The number of hydrogen-bond donors (Lipinski definition) is 0. The van der Waals surface area contributed by atoms with Crippen molar-refractivity contribution in [1.29, 1.82) is 0 Å². The Morgan fingerprint density at radius 3 is 2.48 bits per heavy atom. The maximum atomic E-state index is 11.8. The minimum absolute atomic E-state index is 0.0469. The molecule has 23 heavy (non-hydrogen) atoms. The molecule has 0 saturated carbocycles. The van der Waals surface area contributed by atoms with Gasteiger partial charge >= 0.3 is 0 Å². The number of ether oxygens (including phenoxy) is 2. The van der Waals surface area contributed by atoms with Crippen molar-refractivity contribution in [3.05, 3.63) is 0 Å². The van der Waals surface area contributed by atoms with E-state index in [0.717, 1.165) is 47.9 Å². The number of hydrogen-bond acceptors (Lipinski definition) is 5. The first kappa shape index (κ1) is 23.1. The van der Waals surface area contributed by atoms with Gasteiger partial charge in [-0.1, -0.05) is 44.4 Å². The van der Waals surface area contributed by atoms with Crippen LogP contribution in [0, 0.1) is 0 Å². The van der Waals surface area contributed by atoms with Crippen molar-refractivity contribution >= 4 is 27.1 Å².